The van der Waals surface area contributed by atoms with Crippen molar-refractivity contribution in [2.45, 2.75) is 6.42 Å². The zero-order chi connectivity index (χ0) is 14.4. The van der Waals surface area contributed by atoms with Gasteiger partial charge in [-0.05, 0) is 17.7 Å². The number of rotatable bonds is 4. The second-order valence-corrected chi connectivity index (χ2v) is 5.49. The predicted molar refractivity (Wildman–Crippen MR) is 78.3 cm³/mol. The first-order valence-corrected chi connectivity index (χ1v) is 7.31. The summed E-state index contributed by atoms with van der Waals surface area (Å²) in [5.74, 6) is -0.208. The molecule has 0 radical (unpaired) electrons. The maximum atomic E-state index is 11.9. The van der Waals surface area contributed by atoms with Gasteiger partial charge in [-0.3, -0.25) is 9.59 Å². The van der Waals surface area contributed by atoms with E-state index in [-0.39, 0.29) is 24.8 Å². The van der Waals surface area contributed by atoms with E-state index in [1.165, 1.54) is 0 Å². The molecule has 0 spiro atoms. The highest BCUT2D eigenvalue weighted by atomic mass is 79.9. The number of benzene rings is 1. The minimum absolute atomic E-state index is 0.0484. The van der Waals surface area contributed by atoms with E-state index in [0.717, 1.165) is 10.0 Å². The minimum Gasteiger partial charge on any atom is -0.378 e. The van der Waals surface area contributed by atoms with Crippen LogP contribution in [-0.2, 0) is 20.7 Å². The van der Waals surface area contributed by atoms with Crippen molar-refractivity contribution in [1.29, 1.82) is 0 Å². The Bertz CT molecular complexity index is 487. The summed E-state index contributed by atoms with van der Waals surface area (Å²) in [7, 11) is 0. The number of hydrogen-bond donors (Lipinski definition) is 1. The molecule has 1 aliphatic heterocycles. The van der Waals surface area contributed by atoms with E-state index in [1.54, 1.807) is 4.90 Å². The van der Waals surface area contributed by atoms with Crippen molar-refractivity contribution in [2.75, 3.05) is 32.8 Å². The van der Waals surface area contributed by atoms with E-state index in [1.807, 2.05) is 24.3 Å². The third-order valence-electron chi connectivity index (χ3n) is 3.05. The fourth-order valence-corrected chi connectivity index (χ4v) is 2.44. The number of nitrogens with one attached hydrogen (secondary N) is 1. The lowest BCUT2D eigenvalue weighted by Gasteiger charge is -2.26. The van der Waals surface area contributed by atoms with Crippen LogP contribution in [0.3, 0.4) is 0 Å². The lowest BCUT2D eigenvalue weighted by Crippen LogP contribution is -2.45. The molecule has 1 aromatic carbocycles. The fourth-order valence-electron chi connectivity index (χ4n) is 1.99. The van der Waals surface area contributed by atoms with Crippen molar-refractivity contribution in [3.8, 4) is 0 Å². The van der Waals surface area contributed by atoms with Crippen LogP contribution < -0.4 is 5.32 Å². The molecule has 0 unspecified atom stereocenters. The van der Waals surface area contributed by atoms with Gasteiger partial charge in [0.1, 0.15) is 0 Å². The highest BCUT2D eigenvalue weighted by Gasteiger charge is 2.17. The summed E-state index contributed by atoms with van der Waals surface area (Å²) >= 11 is 3.36. The number of carbonyl (C=O) groups is 2. The van der Waals surface area contributed by atoms with Gasteiger partial charge >= 0.3 is 0 Å². The van der Waals surface area contributed by atoms with Crippen LogP contribution in [0.2, 0.25) is 0 Å². The summed E-state index contributed by atoms with van der Waals surface area (Å²) < 4.78 is 6.12. The number of morpholine rings is 1. The second kappa shape index (κ2) is 7.40. The SMILES string of the molecule is O=C(Cc1cccc(Br)c1)NCC(=O)N1CCOCC1. The molecule has 5 nitrogen and oxygen atoms in total. The molecule has 1 fully saturated rings. The summed E-state index contributed by atoms with van der Waals surface area (Å²) in [5, 5.41) is 2.66. The third-order valence-corrected chi connectivity index (χ3v) is 3.55. The van der Waals surface area contributed by atoms with E-state index in [2.05, 4.69) is 21.2 Å². The maximum absolute atomic E-state index is 11.9. The summed E-state index contributed by atoms with van der Waals surface area (Å²) in [6, 6.07) is 7.56. The number of hydrogen-bond acceptors (Lipinski definition) is 3. The highest BCUT2D eigenvalue weighted by molar-refractivity contribution is 9.10. The van der Waals surface area contributed by atoms with Gasteiger partial charge in [-0.25, -0.2) is 0 Å². The number of carbonyl (C=O) groups excluding carboxylic acids is 2. The van der Waals surface area contributed by atoms with E-state index >= 15 is 0 Å². The van der Waals surface area contributed by atoms with Crippen LogP contribution in [0.15, 0.2) is 28.7 Å². The first-order valence-electron chi connectivity index (χ1n) is 6.52. The van der Waals surface area contributed by atoms with Crippen molar-refractivity contribution in [2.24, 2.45) is 0 Å². The Morgan fingerprint density at radius 1 is 1.30 bits per heavy atom. The molecule has 0 atom stereocenters. The predicted octanol–water partition coefficient (Wildman–Crippen LogP) is 0.967. The lowest BCUT2D eigenvalue weighted by molar-refractivity contribution is -0.136. The van der Waals surface area contributed by atoms with Gasteiger partial charge in [-0.15, -0.1) is 0 Å². The quantitative estimate of drug-likeness (QED) is 0.888. The molecule has 0 bridgehead atoms. The van der Waals surface area contributed by atoms with Crippen molar-refractivity contribution in [3.63, 3.8) is 0 Å². The zero-order valence-electron chi connectivity index (χ0n) is 11.1. The van der Waals surface area contributed by atoms with Gasteiger partial charge in [-0.1, -0.05) is 28.1 Å². The topological polar surface area (TPSA) is 58.6 Å². The van der Waals surface area contributed by atoms with Crippen LogP contribution >= 0.6 is 15.9 Å². The Morgan fingerprint density at radius 2 is 2.05 bits per heavy atom. The third kappa shape index (κ3) is 4.61. The zero-order valence-corrected chi connectivity index (χ0v) is 12.7. The van der Waals surface area contributed by atoms with E-state index < -0.39 is 0 Å². The van der Waals surface area contributed by atoms with Gasteiger partial charge in [0.05, 0.1) is 26.2 Å². The summed E-state index contributed by atoms with van der Waals surface area (Å²) in [4.78, 5) is 25.4. The molecule has 108 valence electrons. The molecule has 2 rings (SSSR count). The van der Waals surface area contributed by atoms with Crippen molar-refractivity contribution in [1.82, 2.24) is 10.2 Å². The molecule has 6 heteroatoms. The smallest absolute Gasteiger partial charge is 0.242 e. The van der Waals surface area contributed by atoms with Crippen LogP contribution in [-0.4, -0.2) is 49.6 Å². The molecule has 0 aromatic heterocycles. The molecule has 2 amide bonds. The molecule has 1 saturated heterocycles. The fraction of sp³-hybridized carbons (Fsp3) is 0.429. The van der Waals surface area contributed by atoms with Crippen molar-refractivity contribution >= 4 is 27.7 Å². The normalized spacial score (nSPS) is 14.9. The van der Waals surface area contributed by atoms with Gasteiger partial charge in [0.2, 0.25) is 11.8 Å². The summed E-state index contributed by atoms with van der Waals surface area (Å²) in [6.07, 6.45) is 0.274. The van der Waals surface area contributed by atoms with Crippen LogP contribution in [0.25, 0.3) is 0 Å². The number of ether oxygens (including phenoxy) is 1. The molecule has 1 N–H and O–H groups in total. The maximum Gasteiger partial charge on any atom is 0.242 e. The Hall–Kier alpha value is -1.40. The van der Waals surface area contributed by atoms with Crippen LogP contribution in [0.1, 0.15) is 5.56 Å². The second-order valence-electron chi connectivity index (χ2n) is 4.58. The van der Waals surface area contributed by atoms with Crippen LogP contribution in [0.4, 0.5) is 0 Å². The van der Waals surface area contributed by atoms with Crippen molar-refractivity contribution in [3.05, 3.63) is 34.3 Å². The molecule has 1 aliphatic rings. The number of halogens is 1. The van der Waals surface area contributed by atoms with Crippen LogP contribution in [0.5, 0.6) is 0 Å². The van der Waals surface area contributed by atoms with E-state index in [4.69, 9.17) is 4.74 Å². The van der Waals surface area contributed by atoms with Gasteiger partial charge in [0.25, 0.3) is 0 Å². The number of amides is 2. The largest absolute Gasteiger partial charge is 0.378 e. The summed E-state index contributed by atoms with van der Waals surface area (Å²) in [5.41, 5.74) is 0.913. The monoisotopic (exact) mass is 340 g/mol. The Balaban J connectivity index is 1.75. The molecule has 20 heavy (non-hydrogen) atoms. The molecule has 1 aromatic rings. The first-order chi connectivity index (χ1) is 9.65. The van der Waals surface area contributed by atoms with E-state index in [0.29, 0.717) is 26.3 Å². The Labute approximate surface area is 126 Å². The average Bonchev–Trinajstić information content (AvgIpc) is 2.46. The minimum atomic E-state index is -0.148. The Kier molecular flexibility index (Phi) is 5.55. The molecular formula is C14H17BrN2O3. The standard InChI is InChI=1S/C14H17BrN2O3/c15-12-3-1-2-11(8-12)9-13(18)16-10-14(19)17-4-6-20-7-5-17/h1-3,8H,4-7,9-10H2,(H,16,18). The molecule has 0 saturated carbocycles. The highest BCUT2D eigenvalue weighted by Crippen LogP contribution is 2.11. The van der Waals surface area contributed by atoms with Crippen molar-refractivity contribution < 1.29 is 14.3 Å². The lowest BCUT2D eigenvalue weighted by atomic mass is 10.1. The Morgan fingerprint density at radius 3 is 2.75 bits per heavy atom. The van der Waals surface area contributed by atoms with Gasteiger partial charge in [0.15, 0.2) is 0 Å². The van der Waals surface area contributed by atoms with Gasteiger partial charge in [0, 0.05) is 17.6 Å². The summed E-state index contributed by atoms with van der Waals surface area (Å²) in [6.45, 7) is 2.38. The molecular weight excluding hydrogens is 324 g/mol. The van der Waals surface area contributed by atoms with Crippen LogP contribution in [0, 0.1) is 0 Å². The first kappa shape index (κ1) is 15.0. The van der Waals surface area contributed by atoms with Gasteiger partial charge in [-0.2, -0.15) is 0 Å². The molecule has 0 aliphatic carbocycles. The number of nitrogens with zero attached hydrogens (tertiary/aromatic N) is 1. The van der Waals surface area contributed by atoms with E-state index in [9.17, 15) is 9.59 Å². The molecule has 1 heterocycles. The van der Waals surface area contributed by atoms with Gasteiger partial charge < -0.3 is 15.0 Å². The average molecular weight is 341 g/mol.